The standard InChI is InChI=1S/C11H23N3O2S2/c12-8-10-3-5-14(6-4-10)18(15,16)13-11-2-1-7-17-9-11/h10-11,13H,1-9,12H2. The fraction of sp³-hybridized carbons (Fsp3) is 1.00. The fourth-order valence-corrected chi connectivity index (χ4v) is 5.14. The van der Waals surface area contributed by atoms with E-state index in [0.29, 0.717) is 25.6 Å². The van der Waals surface area contributed by atoms with Crippen LogP contribution in [0, 0.1) is 5.92 Å². The summed E-state index contributed by atoms with van der Waals surface area (Å²) in [5.74, 6) is 2.54. The molecule has 1 unspecified atom stereocenters. The number of hydrogen-bond acceptors (Lipinski definition) is 4. The van der Waals surface area contributed by atoms with Crippen LogP contribution in [0.3, 0.4) is 0 Å². The van der Waals surface area contributed by atoms with E-state index in [0.717, 1.165) is 37.2 Å². The van der Waals surface area contributed by atoms with Crippen LogP contribution in [-0.4, -0.2) is 49.9 Å². The zero-order chi connectivity index (χ0) is 13.0. The molecule has 0 amide bonds. The van der Waals surface area contributed by atoms with Gasteiger partial charge in [0, 0.05) is 24.9 Å². The first-order valence-electron chi connectivity index (χ1n) is 6.67. The molecule has 2 aliphatic heterocycles. The summed E-state index contributed by atoms with van der Waals surface area (Å²) >= 11 is 1.83. The van der Waals surface area contributed by atoms with Gasteiger partial charge in [0.15, 0.2) is 0 Å². The van der Waals surface area contributed by atoms with Gasteiger partial charge in [-0.1, -0.05) is 0 Å². The molecule has 0 aromatic heterocycles. The van der Waals surface area contributed by atoms with Gasteiger partial charge in [0.05, 0.1) is 0 Å². The van der Waals surface area contributed by atoms with Crippen LogP contribution in [0.15, 0.2) is 0 Å². The van der Waals surface area contributed by atoms with Crippen molar-refractivity contribution in [2.75, 3.05) is 31.1 Å². The summed E-state index contributed by atoms with van der Waals surface area (Å²) in [5.41, 5.74) is 5.62. The molecule has 0 aromatic rings. The van der Waals surface area contributed by atoms with Crippen molar-refractivity contribution in [2.45, 2.75) is 31.7 Å². The summed E-state index contributed by atoms with van der Waals surface area (Å²) in [6, 6.07) is 0.112. The van der Waals surface area contributed by atoms with Gasteiger partial charge in [0.25, 0.3) is 10.2 Å². The summed E-state index contributed by atoms with van der Waals surface area (Å²) in [4.78, 5) is 0. The number of nitrogens with one attached hydrogen (secondary N) is 1. The van der Waals surface area contributed by atoms with E-state index in [9.17, 15) is 8.42 Å². The minimum atomic E-state index is -3.29. The van der Waals surface area contributed by atoms with E-state index in [1.54, 1.807) is 4.31 Å². The van der Waals surface area contributed by atoms with Crippen LogP contribution < -0.4 is 10.5 Å². The molecule has 0 saturated carbocycles. The zero-order valence-corrected chi connectivity index (χ0v) is 12.3. The normalized spacial score (nSPS) is 28.4. The first-order chi connectivity index (χ1) is 8.62. The Kier molecular flexibility index (Phi) is 5.32. The maximum absolute atomic E-state index is 12.2. The van der Waals surface area contributed by atoms with Crippen molar-refractivity contribution in [1.29, 1.82) is 0 Å². The average Bonchev–Trinajstić information content (AvgIpc) is 2.39. The SMILES string of the molecule is NCC1CCN(S(=O)(=O)NC2CCCSC2)CC1. The molecule has 2 aliphatic rings. The molecule has 0 aromatic carbocycles. The van der Waals surface area contributed by atoms with Crippen molar-refractivity contribution in [2.24, 2.45) is 11.7 Å². The Hall–Kier alpha value is 0.180. The second-order valence-electron chi connectivity index (χ2n) is 5.12. The van der Waals surface area contributed by atoms with Crippen LogP contribution >= 0.6 is 11.8 Å². The molecule has 1 atom stereocenters. The van der Waals surface area contributed by atoms with E-state index in [4.69, 9.17) is 5.73 Å². The van der Waals surface area contributed by atoms with E-state index < -0.39 is 10.2 Å². The Morgan fingerprint density at radius 3 is 2.56 bits per heavy atom. The van der Waals surface area contributed by atoms with Crippen LogP contribution in [0.2, 0.25) is 0 Å². The second-order valence-corrected chi connectivity index (χ2v) is 7.97. The lowest BCUT2D eigenvalue weighted by atomic mass is 9.99. The molecule has 0 spiro atoms. The Balaban J connectivity index is 1.86. The quantitative estimate of drug-likeness (QED) is 0.786. The lowest BCUT2D eigenvalue weighted by molar-refractivity contribution is 0.274. The number of rotatable bonds is 4. The van der Waals surface area contributed by atoms with Crippen LogP contribution in [-0.2, 0) is 10.2 Å². The van der Waals surface area contributed by atoms with Crippen molar-refractivity contribution in [3.05, 3.63) is 0 Å². The molecule has 7 heteroatoms. The highest BCUT2D eigenvalue weighted by molar-refractivity contribution is 7.99. The topological polar surface area (TPSA) is 75.4 Å². The highest BCUT2D eigenvalue weighted by Crippen LogP contribution is 2.21. The maximum atomic E-state index is 12.2. The molecule has 0 bridgehead atoms. The first-order valence-corrected chi connectivity index (χ1v) is 9.26. The van der Waals surface area contributed by atoms with E-state index in [2.05, 4.69) is 4.72 Å². The third-order valence-electron chi connectivity index (χ3n) is 3.72. The monoisotopic (exact) mass is 293 g/mol. The van der Waals surface area contributed by atoms with E-state index in [-0.39, 0.29) is 6.04 Å². The van der Waals surface area contributed by atoms with Gasteiger partial charge < -0.3 is 5.73 Å². The number of thioether (sulfide) groups is 1. The summed E-state index contributed by atoms with van der Waals surface area (Å²) < 4.78 is 28.9. The average molecular weight is 293 g/mol. The molecule has 0 radical (unpaired) electrons. The van der Waals surface area contributed by atoms with Crippen LogP contribution in [0.5, 0.6) is 0 Å². The summed E-state index contributed by atoms with van der Waals surface area (Å²) in [5, 5.41) is 0. The fourth-order valence-electron chi connectivity index (χ4n) is 2.50. The maximum Gasteiger partial charge on any atom is 0.279 e. The van der Waals surface area contributed by atoms with Crippen molar-refractivity contribution < 1.29 is 8.42 Å². The Labute approximate surface area is 114 Å². The minimum absolute atomic E-state index is 0.112. The molecule has 0 aliphatic carbocycles. The van der Waals surface area contributed by atoms with Crippen LogP contribution in [0.1, 0.15) is 25.7 Å². The molecule has 2 rings (SSSR count). The van der Waals surface area contributed by atoms with Crippen molar-refractivity contribution >= 4 is 22.0 Å². The highest BCUT2D eigenvalue weighted by Gasteiger charge is 2.29. The lowest BCUT2D eigenvalue weighted by Gasteiger charge is -2.32. The number of piperidine rings is 1. The molecule has 106 valence electrons. The minimum Gasteiger partial charge on any atom is -0.330 e. The Morgan fingerprint density at radius 1 is 1.28 bits per heavy atom. The number of hydrogen-bond donors (Lipinski definition) is 2. The second kappa shape index (κ2) is 6.56. The third-order valence-corrected chi connectivity index (χ3v) is 6.61. The summed E-state index contributed by atoms with van der Waals surface area (Å²) in [6.45, 7) is 1.88. The summed E-state index contributed by atoms with van der Waals surface area (Å²) in [6.07, 6.45) is 3.84. The first kappa shape index (κ1) is 14.6. The van der Waals surface area contributed by atoms with Crippen molar-refractivity contribution in [1.82, 2.24) is 9.03 Å². The van der Waals surface area contributed by atoms with Gasteiger partial charge in [-0.25, -0.2) is 0 Å². The molecule has 18 heavy (non-hydrogen) atoms. The lowest BCUT2D eigenvalue weighted by Crippen LogP contribution is -2.49. The van der Waals surface area contributed by atoms with Crippen LogP contribution in [0.25, 0.3) is 0 Å². The Morgan fingerprint density at radius 2 is 2.00 bits per heavy atom. The largest absolute Gasteiger partial charge is 0.330 e. The van der Waals surface area contributed by atoms with Gasteiger partial charge in [0.1, 0.15) is 0 Å². The highest BCUT2D eigenvalue weighted by atomic mass is 32.2. The molecule has 2 heterocycles. The molecule has 5 nitrogen and oxygen atoms in total. The number of nitrogens with two attached hydrogens (primary N) is 1. The van der Waals surface area contributed by atoms with Gasteiger partial charge in [-0.2, -0.15) is 29.2 Å². The van der Waals surface area contributed by atoms with Gasteiger partial charge in [0.2, 0.25) is 0 Å². The van der Waals surface area contributed by atoms with E-state index >= 15 is 0 Å². The van der Waals surface area contributed by atoms with Crippen molar-refractivity contribution in [3.63, 3.8) is 0 Å². The zero-order valence-electron chi connectivity index (χ0n) is 10.7. The molecular formula is C11H23N3O2S2. The van der Waals surface area contributed by atoms with E-state index in [1.165, 1.54) is 0 Å². The summed E-state index contributed by atoms with van der Waals surface area (Å²) in [7, 11) is -3.29. The van der Waals surface area contributed by atoms with E-state index in [1.807, 2.05) is 11.8 Å². The van der Waals surface area contributed by atoms with Gasteiger partial charge >= 0.3 is 0 Å². The number of nitrogens with zero attached hydrogens (tertiary/aromatic N) is 1. The molecule has 3 N–H and O–H groups in total. The van der Waals surface area contributed by atoms with Gasteiger partial charge in [-0.3, -0.25) is 0 Å². The smallest absolute Gasteiger partial charge is 0.279 e. The van der Waals surface area contributed by atoms with Crippen LogP contribution in [0.4, 0.5) is 0 Å². The predicted molar refractivity (Wildman–Crippen MR) is 75.8 cm³/mol. The molecular weight excluding hydrogens is 270 g/mol. The Bertz CT molecular complexity index is 347. The predicted octanol–water partition coefficient (Wildman–Crippen LogP) is 0.387. The molecule has 2 saturated heterocycles. The molecule has 2 fully saturated rings. The third kappa shape index (κ3) is 3.84. The van der Waals surface area contributed by atoms with Gasteiger partial charge in [-0.05, 0) is 43.9 Å². The van der Waals surface area contributed by atoms with Crippen molar-refractivity contribution in [3.8, 4) is 0 Å². The van der Waals surface area contributed by atoms with Gasteiger partial charge in [-0.15, -0.1) is 0 Å².